The molecule has 0 atom stereocenters. The van der Waals surface area contributed by atoms with Crippen molar-refractivity contribution in [1.82, 2.24) is 14.8 Å². The lowest BCUT2D eigenvalue weighted by molar-refractivity contribution is 0.0525. The zero-order valence-corrected chi connectivity index (χ0v) is 16.1. The van der Waals surface area contributed by atoms with E-state index >= 15 is 0 Å². The second-order valence-corrected chi connectivity index (χ2v) is 7.23. The number of rotatable bonds is 5. The highest BCUT2D eigenvalue weighted by molar-refractivity contribution is 6.01. The molecule has 0 bridgehead atoms. The first kappa shape index (κ1) is 19.6. The van der Waals surface area contributed by atoms with Gasteiger partial charge in [0.05, 0.1) is 23.6 Å². The van der Waals surface area contributed by atoms with Gasteiger partial charge in [0.2, 0.25) is 5.78 Å². The standard InChI is InChI=1S/C19H25N3O4/c1-7-26-18(25)16-11(2)17(20-12(16)3)13(23)10-22-15(24)9-8-14(21-22)19(4,5)6/h8-9,20H,7,10H2,1-6H3. The topological polar surface area (TPSA) is 94.1 Å². The van der Waals surface area contributed by atoms with E-state index in [1.165, 1.54) is 6.07 Å². The van der Waals surface area contributed by atoms with Crippen molar-refractivity contribution in [3.05, 3.63) is 50.7 Å². The number of carbonyl (C=O) groups is 2. The number of hydrogen-bond donors (Lipinski definition) is 1. The second kappa shape index (κ2) is 7.27. The first-order valence-corrected chi connectivity index (χ1v) is 8.54. The Labute approximate surface area is 152 Å². The van der Waals surface area contributed by atoms with Gasteiger partial charge < -0.3 is 9.72 Å². The third kappa shape index (κ3) is 3.92. The SMILES string of the molecule is CCOC(=O)c1c(C)[nH]c(C(=O)Cn2nc(C(C)(C)C)ccc2=O)c1C. The van der Waals surface area contributed by atoms with E-state index in [0.29, 0.717) is 22.5 Å². The fraction of sp³-hybridized carbons (Fsp3) is 0.474. The first-order valence-electron chi connectivity index (χ1n) is 8.54. The Hall–Kier alpha value is -2.70. The van der Waals surface area contributed by atoms with Gasteiger partial charge in [-0.2, -0.15) is 5.10 Å². The van der Waals surface area contributed by atoms with Crippen LogP contribution in [-0.2, 0) is 16.7 Å². The zero-order valence-electron chi connectivity index (χ0n) is 16.1. The molecule has 0 aliphatic heterocycles. The minimum Gasteiger partial charge on any atom is -0.462 e. The van der Waals surface area contributed by atoms with Crippen LogP contribution in [0.25, 0.3) is 0 Å². The third-order valence-corrected chi connectivity index (χ3v) is 4.12. The Morgan fingerprint density at radius 2 is 1.88 bits per heavy atom. The predicted molar refractivity (Wildman–Crippen MR) is 97.8 cm³/mol. The molecule has 2 aromatic rings. The highest BCUT2D eigenvalue weighted by Crippen LogP contribution is 2.20. The number of carbonyl (C=O) groups excluding carboxylic acids is 2. The number of esters is 1. The van der Waals surface area contributed by atoms with Gasteiger partial charge in [-0.25, -0.2) is 9.48 Å². The fourth-order valence-corrected chi connectivity index (χ4v) is 2.72. The van der Waals surface area contributed by atoms with E-state index in [1.807, 2.05) is 20.8 Å². The van der Waals surface area contributed by atoms with E-state index in [-0.39, 0.29) is 29.9 Å². The molecule has 0 saturated carbocycles. The van der Waals surface area contributed by atoms with Crippen LogP contribution in [0.3, 0.4) is 0 Å². The Kier molecular flexibility index (Phi) is 5.49. The third-order valence-electron chi connectivity index (χ3n) is 4.12. The van der Waals surface area contributed by atoms with Gasteiger partial charge in [-0.15, -0.1) is 0 Å². The number of aromatic nitrogens is 3. The molecule has 26 heavy (non-hydrogen) atoms. The molecule has 0 aliphatic carbocycles. The number of H-pyrrole nitrogens is 1. The van der Waals surface area contributed by atoms with Gasteiger partial charge in [-0.3, -0.25) is 9.59 Å². The molecule has 0 spiro atoms. The molecule has 0 aromatic carbocycles. The summed E-state index contributed by atoms with van der Waals surface area (Å²) in [6.07, 6.45) is 0. The molecule has 140 valence electrons. The minimum absolute atomic E-state index is 0.203. The maximum absolute atomic E-state index is 12.7. The van der Waals surface area contributed by atoms with Crippen LogP contribution in [0.2, 0.25) is 0 Å². The van der Waals surface area contributed by atoms with Crippen molar-refractivity contribution >= 4 is 11.8 Å². The normalized spacial score (nSPS) is 11.5. The molecule has 0 saturated heterocycles. The average molecular weight is 359 g/mol. The highest BCUT2D eigenvalue weighted by atomic mass is 16.5. The average Bonchev–Trinajstić information content (AvgIpc) is 2.83. The maximum Gasteiger partial charge on any atom is 0.340 e. The van der Waals surface area contributed by atoms with Gasteiger partial charge in [-0.1, -0.05) is 20.8 Å². The summed E-state index contributed by atoms with van der Waals surface area (Å²) in [5, 5.41) is 4.31. The molecule has 0 radical (unpaired) electrons. The molecule has 7 heteroatoms. The summed E-state index contributed by atoms with van der Waals surface area (Å²) in [7, 11) is 0. The molecule has 7 nitrogen and oxygen atoms in total. The highest BCUT2D eigenvalue weighted by Gasteiger charge is 2.24. The number of ether oxygens (including phenoxy) is 1. The molecular weight excluding hydrogens is 334 g/mol. The van der Waals surface area contributed by atoms with E-state index in [1.54, 1.807) is 26.8 Å². The van der Waals surface area contributed by atoms with Gasteiger partial charge in [0.15, 0.2) is 0 Å². The van der Waals surface area contributed by atoms with Crippen molar-refractivity contribution in [3.63, 3.8) is 0 Å². The molecule has 2 heterocycles. The molecule has 1 N–H and O–H groups in total. The van der Waals surface area contributed by atoms with E-state index < -0.39 is 5.97 Å². The molecule has 2 aromatic heterocycles. The van der Waals surface area contributed by atoms with Crippen LogP contribution in [-0.4, -0.2) is 33.1 Å². The van der Waals surface area contributed by atoms with Crippen LogP contribution < -0.4 is 5.56 Å². The summed E-state index contributed by atoms with van der Waals surface area (Å²) in [5.74, 6) is -0.787. The van der Waals surface area contributed by atoms with Crippen molar-refractivity contribution in [1.29, 1.82) is 0 Å². The molecule has 0 amide bonds. The van der Waals surface area contributed by atoms with Crippen molar-refractivity contribution in [2.45, 2.75) is 53.5 Å². The Morgan fingerprint density at radius 1 is 1.23 bits per heavy atom. The lowest BCUT2D eigenvalue weighted by Gasteiger charge is -2.18. The minimum atomic E-state index is -0.470. The quantitative estimate of drug-likeness (QED) is 0.654. The van der Waals surface area contributed by atoms with Gasteiger partial charge in [-0.05, 0) is 32.4 Å². The molecule has 0 aliphatic rings. The van der Waals surface area contributed by atoms with E-state index in [4.69, 9.17) is 4.74 Å². The van der Waals surface area contributed by atoms with Gasteiger partial charge >= 0.3 is 5.97 Å². The molecule has 0 unspecified atom stereocenters. The second-order valence-electron chi connectivity index (χ2n) is 7.23. The monoisotopic (exact) mass is 359 g/mol. The summed E-state index contributed by atoms with van der Waals surface area (Å²) in [6, 6.07) is 3.09. The van der Waals surface area contributed by atoms with E-state index in [9.17, 15) is 14.4 Å². The van der Waals surface area contributed by atoms with Crippen molar-refractivity contribution < 1.29 is 14.3 Å². The number of aromatic amines is 1. The fourth-order valence-electron chi connectivity index (χ4n) is 2.72. The summed E-state index contributed by atoms with van der Waals surface area (Å²) in [6.45, 7) is 11.1. The first-order chi connectivity index (χ1) is 12.1. The molecule has 2 rings (SSSR count). The Balaban J connectivity index is 2.36. The summed E-state index contributed by atoms with van der Waals surface area (Å²) < 4.78 is 6.19. The number of nitrogens with one attached hydrogen (secondary N) is 1. The predicted octanol–water partition coefficient (Wildman–Crippen LogP) is 2.55. The van der Waals surface area contributed by atoms with E-state index in [2.05, 4.69) is 10.1 Å². The van der Waals surface area contributed by atoms with Crippen LogP contribution >= 0.6 is 0 Å². The summed E-state index contributed by atoms with van der Waals surface area (Å²) in [5.41, 5.74) is 1.86. The number of aryl methyl sites for hydroxylation is 1. The molecule has 0 fully saturated rings. The van der Waals surface area contributed by atoms with Gasteiger partial charge in [0.25, 0.3) is 5.56 Å². The summed E-state index contributed by atoms with van der Waals surface area (Å²) in [4.78, 5) is 39.8. The van der Waals surface area contributed by atoms with Crippen molar-refractivity contribution in [3.8, 4) is 0 Å². The number of Topliss-reactive ketones (excluding diaryl/α,β-unsaturated/α-hetero) is 1. The van der Waals surface area contributed by atoms with Gasteiger partial charge in [0.1, 0.15) is 6.54 Å². The number of nitrogens with zero attached hydrogens (tertiary/aromatic N) is 2. The van der Waals surface area contributed by atoms with Crippen molar-refractivity contribution in [2.24, 2.45) is 0 Å². The largest absolute Gasteiger partial charge is 0.462 e. The van der Waals surface area contributed by atoms with E-state index in [0.717, 1.165) is 10.4 Å². The lowest BCUT2D eigenvalue weighted by atomic mass is 9.92. The zero-order chi connectivity index (χ0) is 19.6. The van der Waals surface area contributed by atoms with Crippen LogP contribution in [0.4, 0.5) is 0 Å². The Bertz CT molecular complexity index is 900. The Morgan fingerprint density at radius 3 is 2.46 bits per heavy atom. The van der Waals surface area contributed by atoms with Gasteiger partial charge in [0, 0.05) is 17.2 Å². The van der Waals surface area contributed by atoms with Crippen LogP contribution in [0.15, 0.2) is 16.9 Å². The maximum atomic E-state index is 12.7. The number of ketones is 1. The van der Waals surface area contributed by atoms with Crippen LogP contribution in [0.5, 0.6) is 0 Å². The van der Waals surface area contributed by atoms with Crippen LogP contribution in [0, 0.1) is 13.8 Å². The van der Waals surface area contributed by atoms with Crippen LogP contribution in [0.1, 0.15) is 65.5 Å². The smallest absolute Gasteiger partial charge is 0.340 e. The lowest BCUT2D eigenvalue weighted by Crippen LogP contribution is -2.29. The summed E-state index contributed by atoms with van der Waals surface area (Å²) >= 11 is 0. The molecular formula is C19H25N3O4. The number of hydrogen-bond acceptors (Lipinski definition) is 5. The van der Waals surface area contributed by atoms with Crippen molar-refractivity contribution in [2.75, 3.05) is 6.61 Å².